The molecular formula is C13H13BrN2O2S. The van der Waals surface area contributed by atoms with Crippen LogP contribution in [-0.4, -0.2) is 21.0 Å². The van der Waals surface area contributed by atoms with Crippen LogP contribution in [0.25, 0.3) is 10.6 Å². The van der Waals surface area contributed by atoms with Gasteiger partial charge in [-0.1, -0.05) is 20.8 Å². The number of nitrogens with zero attached hydrogens (tertiary/aromatic N) is 2. The number of hydrogen-bond donors (Lipinski definition) is 1. The number of aromatic nitrogens is 2. The normalized spacial score (nSPS) is 11.6. The summed E-state index contributed by atoms with van der Waals surface area (Å²) in [4.78, 5) is 20.2. The van der Waals surface area contributed by atoms with E-state index < -0.39 is 5.97 Å². The summed E-state index contributed by atoms with van der Waals surface area (Å²) < 4.78 is 0.842. The Labute approximate surface area is 123 Å². The summed E-state index contributed by atoms with van der Waals surface area (Å²) in [6.07, 6.45) is 3.36. The van der Waals surface area contributed by atoms with Gasteiger partial charge in [-0.05, 0) is 22.0 Å². The fraction of sp³-hybridized carbons (Fsp3) is 0.308. The lowest BCUT2D eigenvalue weighted by molar-refractivity contribution is 0.0699. The van der Waals surface area contributed by atoms with E-state index in [1.807, 2.05) is 26.8 Å². The smallest absolute Gasteiger partial charge is 0.347 e. The van der Waals surface area contributed by atoms with Crippen LogP contribution in [0.4, 0.5) is 0 Å². The highest BCUT2D eigenvalue weighted by Gasteiger charge is 2.27. The van der Waals surface area contributed by atoms with Crippen LogP contribution in [0.5, 0.6) is 0 Å². The van der Waals surface area contributed by atoms with Gasteiger partial charge < -0.3 is 5.11 Å². The van der Waals surface area contributed by atoms with Crippen molar-refractivity contribution in [1.29, 1.82) is 0 Å². The number of thiazole rings is 1. The minimum atomic E-state index is -0.934. The van der Waals surface area contributed by atoms with E-state index in [9.17, 15) is 9.90 Å². The van der Waals surface area contributed by atoms with Gasteiger partial charge in [0.25, 0.3) is 0 Å². The third-order valence-corrected chi connectivity index (χ3v) is 4.01. The predicted molar refractivity (Wildman–Crippen MR) is 78.7 cm³/mol. The molecule has 0 radical (unpaired) electrons. The lowest BCUT2D eigenvalue weighted by atomic mass is 9.91. The van der Waals surface area contributed by atoms with Crippen molar-refractivity contribution in [2.24, 2.45) is 0 Å². The zero-order chi connectivity index (χ0) is 14.2. The molecule has 0 amide bonds. The third-order valence-electron chi connectivity index (χ3n) is 2.48. The van der Waals surface area contributed by atoms with E-state index in [1.165, 1.54) is 11.3 Å². The Morgan fingerprint density at radius 3 is 2.53 bits per heavy atom. The number of hydrogen-bond acceptors (Lipinski definition) is 4. The second-order valence-electron chi connectivity index (χ2n) is 5.14. The maximum Gasteiger partial charge on any atom is 0.347 e. The standard InChI is InChI=1S/C13H13BrN2O2S/c1-13(2,3)10-9(12(17)18)19-11(16-10)7-4-8(14)6-15-5-7/h4-6H,1-3H3,(H,17,18). The molecule has 1 N–H and O–H groups in total. The first-order valence-corrected chi connectivity index (χ1v) is 7.25. The second-order valence-corrected chi connectivity index (χ2v) is 7.06. The molecule has 100 valence electrons. The van der Waals surface area contributed by atoms with Crippen molar-refractivity contribution >= 4 is 33.2 Å². The maximum absolute atomic E-state index is 11.3. The zero-order valence-corrected chi connectivity index (χ0v) is 13.2. The zero-order valence-electron chi connectivity index (χ0n) is 10.8. The molecule has 2 aromatic rings. The third kappa shape index (κ3) is 3.01. The van der Waals surface area contributed by atoms with Crippen molar-refractivity contribution in [2.45, 2.75) is 26.2 Å². The van der Waals surface area contributed by atoms with Crippen molar-refractivity contribution in [2.75, 3.05) is 0 Å². The van der Waals surface area contributed by atoms with Crippen LogP contribution in [-0.2, 0) is 5.41 Å². The SMILES string of the molecule is CC(C)(C)c1nc(-c2cncc(Br)c2)sc1C(=O)O. The molecule has 6 heteroatoms. The van der Waals surface area contributed by atoms with Crippen LogP contribution in [0.2, 0.25) is 0 Å². The van der Waals surface area contributed by atoms with Crippen LogP contribution in [0.15, 0.2) is 22.9 Å². The summed E-state index contributed by atoms with van der Waals surface area (Å²) in [6.45, 7) is 5.87. The van der Waals surface area contributed by atoms with Gasteiger partial charge in [0.15, 0.2) is 0 Å². The first-order valence-electron chi connectivity index (χ1n) is 5.64. The van der Waals surface area contributed by atoms with E-state index >= 15 is 0 Å². The Hall–Kier alpha value is -1.27. The van der Waals surface area contributed by atoms with Gasteiger partial charge in [0.2, 0.25) is 0 Å². The average Bonchev–Trinajstić information content (AvgIpc) is 2.73. The Morgan fingerprint density at radius 1 is 1.37 bits per heavy atom. The minimum absolute atomic E-state index is 0.294. The molecule has 0 unspecified atom stereocenters. The molecule has 0 bridgehead atoms. The van der Waals surface area contributed by atoms with Crippen LogP contribution < -0.4 is 0 Å². The number of pyridine rings is 1. The lowest BCUT2D eigenvalue weighted by Crippen LogP contribution is -2.16. The van der Waals surface area contributed by atoms with Crippen LogP contribution >= 0.6 is 27.3 Å². The fourth-order valence-corrected chi connectivity index (χ4v) is 3.09. The van der Waals surface area contributed by atoms with E-state index in [0.717, 1.165) is 10.0 Å². The number of rotatable bonds is 2. The van der Waals surface area contributed by atoms with Gasteiger partial charge in [-0.25, -0.2) is 9.78 Å². The molecule has 0 aliphatic carbocycles. The van der Waals surface area contributed by atoms with Gasteiger partial charge in [-0.15, -0.1) is 11.3 Å². The predicted octanol–water partition coefficient (Wildman–Crippen LogP) is 3.96. The van der Waals surface area contributed by atoms with Gasteiger partial charge in [-0.3, -0.25) is 4.98 Å². The second kappa shape index (κ2) is 5.02. The van der Waals surface area contributed by atoms with Crippen molar-refractivity contribution < 1.29 is 9.90 Å². The highest BCUT2D eigenvalue weighted by atomic mass is 79.9. The summed E-state index contributed by atoms with van der Waals surface area (Å²) in [6, 6.07) is 1.88. The number of carbonyl (C=O) groups is 1. The first-order chi connectivity index (χ1) is 8.79. The number of carboxylic acids is 1. The van der Waals surface area contributed by atoms with Crippen LogP contribution in [0.3, 0.4) is 0 Å². The van der Waals surface area contributed by atoms with E-state index in [-0.39, 0.29) is 5.41 Å². The summed E-state index contributed by atoms with van der Waals surface area (Å²) in [5.41, 5.74) is 1.12. The van der Waals surface area contributed by atoms with Gasteiger partial charge in [0, 0.05) is 27.8 Å². The number of aromatic carboxylic acids is 1. The molecule has 0 aromatic carbocycles. The summed E-state index contributed by atoms with van der Waals surface area (Å²) in [7, 11) is 0. The van der Waals surface area contributed by atoms with E-state index in [4.69, 9.17) is 0 Å². The van der Waals surface area contributed by atoms with Crippen molar-refractivity contribution in [3.8, 4) is 10.6 Å². The van der Waals surface area contributed by atoms with Crippen molar-refractivity contribution in [1.82, 2.24) is 9.97 Å². The largest absolute Gasteiger partial charge is 0.477 e. The highest BCUT2D eigenvalue weighted by molar-refractivity contribution is 9.10. The Kier molecular flexibility index (Phi) is 3.73. The average molecular weight is 341 g/mol. The molecule has 0 atom stereocenters. The molecule has 2 rings (SSSR count). The quantitative estimate of drug-likeness (QED) is 0.898. The van der Waals surface area contributed by atoms with Gasteiger partial charge >= 0.3 is 5.97 Å². The molecule has 4 nitrogen and oxygen atoms in total. The molecule has 0 aliphatic rings. The summed E-state index contributed by atoms with van der Waals surface area (Å²) in [5, 5.41) is 9.97. The van der Waals surface area contributed by atoms with Gasteiger partial charge in [0.1, 0.15) is 9.88 Å². The van der Waals surface area contributed by atoms with E-state index in [1.54, 1.807) is 12.4 Å². The molecule has 0 spiro atoms. The van der Waals surface area contributed by atoms with E-state index in [0.29, 0.717) is 15.6 Å². The molecule has 0 fully saturated rings. The fourth-order valence-electron chi connectivity index (χ4n) is 1.63. The van der Waals surface area contributed by atoms with E-state index in [2.05, 4.69) is 25.9 Å². The summed E-state index contributed by atoms with van der Waals surface area (Å²) in [5.74, 6) is -0.934. The molecular weight excluding hydrogens is 328 g/mol. The van der Waals surface area contributed by atoms with Gasteiger partial charge in [-0.2, -0.15) is 0 Å². The van der Waals surface area contributed by atoms with Crippen molar-refractivity contribution in [3.63, 3.8) is 0 Å². The molecule has 0 saturated carbocycles. The Balaban J connectivity index is 2.58. The van der Waals surface area contributed by atoms with Crippen LogP contribution in [0.1, 0.15) is 36.1 Å². The topological polar surface area (TPSA) is 63.1 Å². The lowest BCUT2D eigenvalue weighted by Gasteiger charge is -2.15. The Morgan fingerprint density at radius 2 is 2.05 bits per heavy atom. The monoisotopic (exact) mass is 340 g/mol. The van der Waals surface area contributed by atoms with Crippen molar-refractivity contribution in [3.05, 3.63) is 33.5 Å². The summed E-state index contributed by atoms with van der Waals surface area (Å²) >= 11 is 4.54. The first kappa shape index (κ1) is 14.1. The molecule has 2 aromatic heterocycles. The maximum atomic E-state index is 11.3. The van der Waals surface area contributed by atoms with Crippen LogP contribution in [0, 0.1) is 0 Å². The van der Waals surface area contributed by atoms with Gasteiger partial charge in [0.05, 0.1) is 5.69 Å². The molecule has 2 heterocycles. The Bertz CT molecular complexity index is 632. The molecule has 0 aliphatic heterocycles. The number of halogens is 1. The highest BCUT2D eigenvalue weighted by Crippen LogP contribution is 2.34. The molecule has 0 saturated heterocycles. The minimum Gasteiger partial charge on any atom is -0.477 e. The molecule has 19 heavy (non-hydrogen) atoms. The number of carboxylic acid groups (broad SMARTS) is 1.